The molecule has 35 heavy (non-hydrogen) atoms. The summed E-state index contributed by atoms with van der Waals surface area (Å²) in [5.41, 5.74) is 5.14. The maximum Gasteiger partial charge on any atom is 0.321 e. The molecule has 176 valence electrons. The van der Waals surface area contributed by atoms with E-state index in [1.165, 1.54) is 0 Å². The fraction of sp³-hybridized carbons (Fsp3) is 0.148. The van der Waals surface area contributed by atoms with Crippen LogP contribution in [0.15, 0.2) is 85.1 Å². The lowest BCUT2D eigenvalue weighted by atomic mass is 10.0. The Morgan fingerprint density at radius 2 is 1.71 bits per heavy atom. The molecule has 2 heterocycles. The van der Waals surface area contributed by atoms with Crippen LogP contribution in [0.5, 0.6) is 0 Å². The summed E-state index contributed by atoms with van der Waals surface area (Å²) in [6.45, 7) is 0.670. The molecule has 0 spiro atoms. The van der Waals surface area contributed by atoms with Crippen LogP contribution in [0.4, 0.5) is 0 Å². The summed E-state index contributed by atoms with van der Waals surface area (Å²) in [4.78, 5) is 16.9. The van der Waals surface area contributed by atoms with E-state index in [9.17, 15) is 9.90 Å². The van der Waals surface area contributed by atoms with Crippen molar-refractivity contribution < 1.29 is 9.90 Å². The zero-order valence-corrected chi connectivity index (χ0v) is 19.6. The number of H-pyrrole nitrogens is 1. The van der Waals surface area contributed by atoms with Gasteiger partial charge in [0.25, 0.3) is 0 Å². The van der Waals surface area contributed by atoms with Gasteiger partial charge in [-0.15, -0.1) is 0 Å². The highest BCUT2D eigenvalue weighted by atomic mass is 35.5. The number of nitrogens with one attached hydrogen (secondary N) is 2. The fourth-order valence-corrected chi connectivity index (χ4v) is 4.35. The van der Waals surface area contributed by atoms with Crippen molar-refractivity contribution in [2.45, 2.75) is 25.6 Å². The molecule has 5 rings (SSSR count). The number of aromatic amines is 1. The average Bonchev–Trinajstić information content (AvgIpc) is 3.47. The van der Waals surface area contributed by atoms with Gasteiger partial charge in [-0.1, -0.05) is 78.3 Å². The first kappa shape index (κ1) is 22.8. The van der Waals surface area contributed by atoms with Crippen LogP contribution < -0.4 is 5.32 Å². The molecule has 0 saturated carbocycles. The molecule has 0 amide bonds. The van der Waals surface area contributed by atoms with Crippen LogP contribution in [0.1, 0.15) is 16.8 Å². The van der Waals surface area contributed by atoms with E-state index in [4.69, 9.17) is 16.7 Å². The second kappa shape index (κ2) is 10.1. The molecular formula is C27H24ClN5O2. The van der Waals surface area contributed by atoms with Crippen LogP contribution in [0, 0.1) is 0 Å². The highest BCUT2D eigenvalue weighted by molar-refractivity contribution is 6.31. The first-order valence-corrected chi connectivity index (χ1v) is 11.7. The summed E-state index contributed by atoms with van der Waals surface area (Å²) >= 11 is 6.34. The molecule has 5 aromatic rings. The highest BCUT2D eigenvalue weighted by Crippen LogP contribution is 2.23. The molecule has 0 fully saturated rings. The Morgan fingerprint density at radius 1 is 0.971 bits per heavy atom. The Balaban J connectivity index is 1.40. The number of carboxylic acid groups (broad SMARTS) is 1. The van der Waals surface area contributed by atoms with Crippen LogP contribution in [-0.4, -0.2) is 37.1 Å². The number of benzene rings is 3. The molecule has 8 heteroatoms. The number of nitrogens with zero attached hydrogens (tertiary/aromatic N) is 3. The molecule has 0 radical (unpaired) electrons. The van der Waals surface area contributed by atoms with Gasteiger partial charge in [-0.25, -0.2) is 0 Å². The maximum absolute atomic E-state index is 12.1. The van der Waals surface area contributed by atoms with Gasteiger partial charge in [-0.05, 0) is 23.3 Å². The van der Waals surface area contributed by atoms with Gasteiger partial charge in [0, 0.05) is 40.7 Å². The SMILES string of the molecule is O=C(O)[C@H](Cc1c[nH]c2ccccc12)NCc1nn(Cc2ccccc2Cl)nc1-c1ccccc1. The van der Waals surface area contributed by atoms with Crippen LogP contribution in [0.3, 0.4) is 0 Å². The summed E-state index contributed by atoms with van der Waals surface area (Å²) < 4.78 is 0. The van der Waals surface area contributed by atoms with Crippen molar-refractivity contribution in [3.05, 3.63) is 107 Å². The van der Waals surface area contributed by atoms with E-state index in [0.717, 1.165) is 27.6 Å². The molecule has 0 aliphatic heterocycles. The minimum absolute atomic E-state index is 0.256. The molecule has 2 aromatic heterocycles. The number of aromatic nitrogens is 4. The lowest BCUT2D eigenvalue weighted by Gasteiger charge is -2.13. The fourth-order valence-electron chi connectivity index (χ4n) is 4.16. The minimum Gasteiger partial charge on any atom is -0.480 e. The highest BCUT2D eigenvalue weighted by Gasteiger charge is 2.22. The number of para-hydroxylation sites is 1. The topological polar surface area (TPSA) is 95.8 Å². The van der Waals surface area contributed by atoms with Crippen molar-refractivity contribution in [2.24, 2.45) is 0 Å². The Kier molecular flexibility index (Phi) is 6.61. The largest absolute Gasteiger partial charge is 0.480 e. The van der Waals surface area contributed by atoms with Gasteiger partial charge in [0.05, 0.1) is 6.54 Å². The second-order valence-electron chi connectivity index (χ2n) is 8.32. The van der Waals surface area contributed by atoms with Crippen LogP contribution in [0.25, 0.3) is 22.2 Å². The quantitative estimate of drug-likeness (QED) is 0.275. The molecule has 3 N–H and O–H groups in total. The Bertz CT molecular complexity index is 1460. The third-order valence-corrected chi connectivity index (χ3v) is 6.32. The molecule has 0 unspecified atom stereocenters. The monoisotopic (exact) mass is 485 g/mol. The Labute approximate surface area is 207 Å². The number of fused-ring (bicyclic) bond motifs is 1. The molecule has 0 aliphatic carbocycles. The van der Waals surface area contributed by atoms with Gasteiger partial charge in [0.1, 0.15) is 17.4 Å². The van der Waals surface area contributed by atoms with Gasteiger partial charge in [-0.2, -0.15) is 15.0 Å². The van der Waals surface area contributed by atoms with Crippen molar-refractivity contribution in [1.82, 2.24) is 25.3 Å². The zero-order valence-electron chi connectivity index (χ0n) is 18.9. The van der Waals surface area contributed by atoms with E-state index in [2.05, 4.69) is 15.4 Å². The van der Waals surface area contributed by atoms with E-state index < -0.39 is 12.0 Å². The van der Waals surface area contributed by atoms with Crippen molar-refractivity contribution in [2.75, 3.05) is 0 Å². The molecule has 3 aromatic carbocycles. The molecule has 1 atom stereocenters. The number of halogens is 1. The zero-order chi connectivity index (χ0) is 24.2. The van der Waals surface area contributed by atoms with Crippen LogP contribution in [0.2, 0.25) is 5.02 Å². The van der Waals surface area contributed by atoms with E-state index in [1.807, 2.05) is 85.1 Å². The van der Waals surface area contributed by atoms with Crippen molar-refractivity contribution in [3.63, 3.8) is 0 Å². The molecule has 0 aliphatic rings. The lowest BCUT2D eigenvalue weighted by Crippen LogP contribution is -2.38. The first-order chi connectivity index (χ1) is 17.1. The van der Waals surface area contributed by atoms with E-state index >= 15 is 0 Å². The standard InChI is InChI=1S/C27H24ClN5O2/c28-22-12-6-4-10-19(22)17-33-31-25(26(32-33)18-8-2-1-3-9-18)16-30-24(27(34)35)14-20-15-29-23-13-7-5-11-21(20)23/h1-13,15,24,29-30H,14,16-17H2,(H,34,35)/t24-/m0/s1. The van der Waals surface area contributed by atoms with Gasteiger partial charge in [-0.3, -0.25) is 10.1 Å². The lowest BCUT2D eigenvalue weighted by molar-refractivity contribution is -0.139. The van der Waals surface area contributed by atoms with Gasteiger partial charge in [0.2, 0.25) is 0 Å². The van der Waals surface area contributed by atoms with Gasteiger partial charge >= 0.3 is 5.97 Å². The van der Waals surface area contributed by atoms with Crippen LogP contribution in [-0.2, 0) is 24.3 Å². The molecule has 0 bridgehead atoms. The van der Waals surface area contributed by atoms with E-state index in [0.29, 0.717) is 29.4 Å². The summed E-state index contributed by atoms with van der Waals surface area (Å²) in [6.07, 6.45) is 2.21. The van der Waals surface area contributed by atoms with Gasteiger partial charge < -0.3 is 10.1 Å². The number of rotatable bonds is 9. The predicted molar refractivity (Wildman–Crippen MR) is 136 cm³/mol. The summed E-state index contributed by atoms with van der Waals surface area (Å²) in [5.74, 6) is -0.917. The van der Waals surface area contributed by atoms with Crippen molar-refractivity contribution in [3.8, 4) is 11.3 Å². The summed E-state index contributed by atoms with van der Waals surface area (Å²) in [6, 6.07) is 24.4. The third-order valence-electron chi connectivity index (χ3n) is 5.95. The number of hydrogen-bond donors (Lipinski definition) is 3. The summed E-state index contributed by atoms with van der Waals surface area (Å²) in [5, 5.41) is 24.2. The molecule has 0 saturated heterocycles. The maximum atomic E-state index is 12.1. The molecule has 7 nitrogen and oxygen atoms in total. The van der Waals surface area contributed by atoms with Crippen molar-refractivity contribution >= 4 is 28.5 Å². The number of carbonyl (C=O) groups is 1. The number of aliphatic carboxylic acids is 1. The normalized spacial score (nSPS) is 12.1. The van der Waals surface area contributed by atoms with Crippen molar-refractivity contribution in [1.29, 1.82) is 0 Å². The minimum atomic E-state index is -0.917. The molecular weight excluding hydrogens is 462 g/mol. The smallest absolute Gasteiger partial charge is 0.321 e. The second-order valence-corrected chi connectivity index (χ2v) is 8.73. The Morgan fingerprint density at radius 3 is 2.51 bits per heavy atom. The van der Waals surface area contributed by atoms with E-state index in [-0.39, 0.29) is 6.54 Å². The summed E-state index contributed by atoms with van der Waals surface area (Å²) in [7, 11) is 0. The van der Waals surface area contributed by atoms with E-state index in [1.54, 1.807) is 4.80 Å². The third kappa shape index (κ3) is 5.11. The van der Waals surface area contributed by atoms with Gasteiger partial charge in [0.15, 0.2) is 0 Å². The first-order valence-electron chi connectivity index (χ1n) is 11.3. The average molecular weight is 486 g/mol. The Hall–Kier alpha value is -3.94. The number of hydrogen-bond acceptors (Lipinski definition) is 4. The predicted octanol–water partition coefficient (Wildman–Crippen LogP) is 4.91. The number of carboxylic acids is 1. The van der Waals surface area contributed by atoms with Crippen LogP contribution >= 0.6 is 11.6 Å².